The normalized spacial score (nSPS) is 18.3. The van der Waals surface area contributed by atoms with Gasteiger partial charge in [-0.3, -0.25) is 19.2 Å². The second-order valence-corrected chi connectivity index (χ2v) is 12.6. The van der Waals surface area contributed by atoms with E-state index in [1.165, 1.54) is 23.7 Å². The molecule has 2 atom stereocenters. The van der Waals surface area contributed by atoms with Crippen molar-refractivity contribution in [3.05, 3.63) is 93.1 Å². The van der Waals surface area contributed by atoms with Crippen LogP contribution in [0.5, 0.6) is 0 Å². The lowest BCUT2D eigenvalue weighted by Crippen LogP contribution is -2.40. The number of carbonyl (C=O) groups is 4. The maximum atomic E-state index is 13.5. The molecule has 5 rings (SSSR count). The summed E-state index contributed by atoms with van der Waals surface area (Å²) in [5.41, 5.74) is 1.58. The number of nitrogens with zero attached hydrogens (tertiary/aromatic N) is 5. The number of aromatic nitrogens is 4. The summed E-state index contributed by atoms with van der Waals surface area (Å²) in [5, 5.41) is 11.1. The fourth-order valence-corrected chi connectivity index (χ4v) is 6.20. The Morgan fingerprint density at radius 2 is 1.77 bits per heavy atom. The molecule has 3 N–H and O–H groups in total. The largest absolute Gasteiger partial charge is 0.443 e. The molecule has 14 heteroatoms. The lowest BCUT2D eigenvalue weighted by molar-refractivity contribution is -0.122. The van der Waals surface area contributed by atoms with Gasteiger partial charge < -0.3 is 25.3 Å². The maximum Gasteiger partial charge on any atom is 0.274 e. The van der Waals surface area contributed by atoms with Gasteiger partial charge >= 0.3 is 0 Å². The Kier molecular flexibility index (Phi) is 10.7. The van der Waals surface area contributed by atoms with Crippen molar-refractivity contribution < 1.29 is 23.6 Å². The van der Waals surface area contributed by atoms with E-state index < -0.39 is 23.9 Å². The van der Waals surface area contributed by atoms with Gasteiger partial charge in [-0.25, -0.2) is 19.9 Å². The minimum atomic E-state index is -0.643. The van der Waals surface area contributed by atoms with Crippen molar-refractivity contribution in [1.82, 2.24) is 40.8 Å². The molecule has 3 aromatic heterocycles. The summed E-state index contributed by atoms with van der Waals surface area (Å²) in [6, 6.07) is 8.47. The summed E-state index contributed by atoms with van der Waals surface area (Å²) >= 11 is 1.27. The third-order valence-corrected chi connectivity index (χ3v) is 8.66. The van der Waals surface area contributed by atoms with Crippen LogP contribution in [0, 0.1) is 19.8 Å². The molecule has 47 heavy (non-hydrogen) atoms. The zero-order valence-corrected chi connectivity index (χ0v) is 27.6. The SMILES string of the molecule is Cc1ncc(C(=O)N2CCCC(=O)N[C@@H](Cc3ccccc3)c3nc(c(C)o3)C(=O)N[C@@H](C(C)C)c3nc(cs3)C(=O)NCC2)cn1. The number of thiazole rings is 1. The summed E-state index contributed by atoms with van der Waals surface area (Å²) in [5.74, 6) is -0.407. The minimum Gasteiger partial charge on any atom is -0.443 e. The molecule has 4 amide bonds. The number of hydrogen-bond donors (Lipinski definition) is 3. The van der Waals surface area contributed by atoms with Crippen LogP contribution < -0.4 is 16.0 Å². The molecule has 13 nitrogen and oxygen atoms in total. The summed E-state index contributed by atoms with van der Waals surface area (Å²) < 4.78 is 5.99. The second-order valence-electron chi connectivity index (χ2n) is 11.7. The van der Waals surface area contributed by atoms with E-state index in [-0.39, 0.29) is 61.1 Å². The first-order chi connectivity index (χ1) is 22.6. The van der Waals surface area contributed by atoms with E-state index in [0.29, 0.717) is 35.0 Å². The van der Waals surface area contributed by atoms with Gasteiger partial charge in [-0.05, 0) is 31.7 Å². The number of amides is 4. The number of fused-ring (bicyclic) bond motifs is 4. The minimum absolute atomic E-state index is 0.0546. The Morgan fingerprint density at radius 1 is 1.02 bits per heavy atom. The number of aryl methyl sites for hydroxylation is 2. The molecule has 4 bridgehead atoms. The highest BCUT2D eigenvalue weighted by atomic mass is 32.1. The standard InChI is InChI=1S/C33H38N8O5S/c1-19(2)27-32-38-25(18-47-32)29(43)34-12-14-41(33(45)23-16-35-21(4)36-17-23)13-8-11-26(42)37-24(15-22-9-6-5-7-10-22)31-40-28(20(3)46-31)30(44)39-27/h5-7,9-10,16-19,24,27H,8,11-15H2,1-4H3,(H,34,43)(H,37,42)(H,39,44)/t24-,27-/m0/s1. The van der Waals surface area contributed by atoms with Crippen LogP contribution >= 0.6 is 11.3 Å². The van der Waals surface area contributed by atoms with Crippen LogP contribution in [0.15, 0.2) is 52.5 Å². The van der Waals surface area contributed by atoms with Gasteiger partial charge in [0.2, 0.25) is 11.8 Å². The molecule has 4 heterocycles. The van der Waals surface area contributed by atoms with E-state index in [4.69, 9.17) is 4.42 Å². The topological polar surface area (TPSA) is 172 Å². The number of nitrogens with one attached hydrogen (secondary N) is 3. The molecule has 1 aliphatic heterocycles. The number of carbonyl (C=O) groups excluding carboxylic acids is 4. The summed E-state index contributed by atoms with van der Waals surface area (Å²) in [7, 11) is 0. The number of hydrogen-bond acceptors (Lipinski definition) is 10. The van der Waals surface area contributed by atoms with Crippen molar-refractivity contribution in [2.75, 3.05) is 19.6 Å². The van der Waals surface area contributed by atoms with E-state index in [9.17, 15) is 19.2 Å². The second kappa shape index (κ2) is 15.1. The lowest BCUT2D eigenvalue weighted by Gasteiger charge is -2.23. The Labute approximate surface area is 276 Å². The van der Waals surface area contributed by atoms with Crippen molar-refractivity contribution in [3.8, 4) is 0 Å². The number of benzene rings is 1. The first kappa shape index (κ1) is 33.4. The van der Waals surface area contributed by atoms with Gasteiger partial charge in [0.25, 0.3) is 17.7 Å². The smallest absolute Gasteiger partial charge is 0.274 e. The van der Waals surface area contributed by atoms with Gasteiger partial charge in [-0.2, -0.15) is 0 Å². The highest BCUT2D eigenvalue weighted by Gasteiger charge is 2.29. The molecule has 0 saturated carbocycles. The van der Waals surface area contributed by atoms with Crippen LogP contribution in [0.4, 0.5) is 0 Å². The Morgan fingerprint density at radius 3 is 2.49 bits per heavy atom. The number of oxazole rings is 1. The molecule has 0 unspecified atom stereocenters. The molecule has 0 saturated heterocycles. The van der Waals surface area contributed by atoms with Gasteiger partial charge in [-0.1, -0.05) is 44.2 Å². The molecule has 1 aromatic carbocycles. The van der Waals surface area contributed by atoms with Crippen LogP contribution in [0.25, 0.3) is 0 Å². The molecule has 246 valence electrons. The molecule has 1 aliphatic rings. The van der Waals surface area contributed by atoms with Gasteiger partial charge in [0.05, 0.1) is 11.6 Å². The summed E-state index contributed by atoms with van der Waals surface area (Å²) in [6.07, 6.45) is 3.78. The van der Waals surface area contributed by atoms with Gasteiger partial charge in [0.1, 0.15) is 28.3 Å². The van der Waals surface area contributed by atoms with Crippen LogP contribution in [0.2, 0.25) is 0 Å². The predicted molar refractivity (Wildman–Crippen MR) is 174 cm³/mol. The number of rotatable bonds is 4. The van der Waals surface area contributed by atoms with Crippen molar-refractivity contribution in [1.29, 1.82) is 0 Å². The summed E-state index contributed by atoms with van der Waals surface area (Å²) in [6.45, 7) is 7.88. The molecule has 0 aliphatic carbocycles. The monoisotopic (exact) mass is 658 g/mol. The first-order valence-corrected chi connectivity index (χ1v) is 16.4. The van der Waals surface area contributed by atoms with E-state index >= 15 is 0 Å². The third-order valence-electron chi connectivity index (χ3n) is 7.73. The van der Waals surface area contributed by atoms with Crippen molar-refractivity contribution >= 4 is 35.0 Å². The maximum absolute atomic E-state index is 13.5. The van der Waals surface area contributed by atoms with Crippen molar-refractivity contribution in [2.45, 2.75) is 59.0 Å². The quantitative estimate of drug-likeness (QED) is 0.295. The van der Waals surface area contributed by atoms with E-state index in [1.807, 2.05) is 44.2 Å². The Hall–Kier alpha value is -4.98. The molecule has 0 radical (unpaired) electrons. The average molecular weight is 659 g/mol. The Balaban J connectivity index is 1.45. The Bertz CT molecular complexity index is 1720. The highest BCUT2D eigenvalue weighted by molar-refractivity contribution is 7.09. The zero-order chi connectivity index (χ0) is 33.5. The van der Waals surface area contributed by atoms with E-state index in [1.54, 1.807) is 24.1 Å². The molecular weight excluding hydrogens is 620 g/mol. The van der Waals surface area contributed by atoms with E-state index in [0.717, 1.165) is 5.56 Å². The fraction of sp³-hybridized carbons (Fsp3) is 0.394. The lowest BCUT2D eigenvalue weighted by atomic mass is 10.0. The van der Waals surface area contributed by atoms with Crippen LogP contribution in [-0.4, -0.2) is 68.1 Å². The van der Waals surface area contributed by atoms with Crippen LogP contribution in [0.1, 0.15) is 98.2 Å². The van der Waals surface area contributed by atoms with E-state index in [2.05, 4.69) is 35.9 Å². The van der Waals surface area contributed by atoms with Gasteiger partial charge in [0, 0.05) is 50.2 Å². The van der Waals surface area contributed by atoms with Crippen molar-refractivity contribution in [2.24, 2.45) is 5.92 Å². The highest BCUT2D eigenvalue weighted by Crippen LogP contribution is 2.27. The zero-order valence-electron chi connectivity index (χ0n) is 26.8. The molecule has 0 fully saturated rings. The van der Waals surface area contributed by atoms with Crippen LogP contribution in [-0.2, 0) is 11.2 Å². The molecule has 4 aromatic rings. The summed E-state index contributed by atoms with van der Waals surface area (Å²) in [4.78, 5) is 72.2. The van der Waals surface area contributed by atoms with Gasteiger partial charge in [-0.15, -0.1) is 11.3 Å². The molecule has 0 spiro atoms. The fourth-order valence-electron chi connectivity index (χ4n) is 5.18. The van der Waals surface area contributed by atoms with Crippen molar-refractivity contribution in [3.63, 3.8) is 0 Å². The first-order valence-electron chi connectivity index (χ1n) is 15.5. The predicted octanol–water partition coefficient (Wildman–Crippen LogP) is 3.73. The van der Waals surface area contributed by atoms with Gasteiger partial charge in [0.15, 0.2) is 5.69 Å². The molecular formula is C33H38N8O5S. The average Bonchev–Trinajstić information content (AvgIpc) is 3.70. The third kappa shape index (κ3) is 8.44. The van der Waals surface area contributed by atoms with Crippen LogP contribution in [0.3, 0.4) is 0 Å².